The average Bonchev–Trinajstić information content (AvgIpc) is 3.08. The van der Waals surface area contributed by atoms with Crippen LogP contribution in [0.3, 0.4) is 0 Å². The number of rotatable bonds is 6. The fourth-order valence-corrected chi connectivity index (χ4v) is 4.67. The summed E-state index contributed by atoms with van der Waals surface area (Å²) in [4.78, 5) is 36.0. The van der Waals surface area contributed by atoms with Gasteiger partial charge in [0.15, 0.2) is 0 Å². The SMILES string of the molecule is Cc1cc(S(=O)(=O)Nc2ccc(C(=O)Nc3ccc([C@@]4(C)NC(=O)NC4=O)cc3)cc2)ccc1F. The summed E-state index contributed by atoms with van der Waals surface area (Å²) in [5.74, 6) is -1.40. The van der Waals surface area contributed by atoms with Gasteiger partial charge in [0.1, 0.15) is 11.4 Å². The van der Waals surface area contributed by atoms with Crippen molar-refractivity contribution in [1.29, 1.82) is 0 Å². The highest BCUT2D eigenvalue weighted by Crippen LogP contribution is 2.26. The van der Waals surface area contributed by atoms with Crippen LogP contribution in [0.1, 0.15) is 28.4 Å². The van der Waals surface area contributed by atoms with Crippen LogP contribution in [-0.4, -0.2) is 26.3 Å². The maximum atomic E-state index is 13.4. The van der Waals surface area contributed by atoms with Gasteiger partial charge in [0, 0.05) is 16.9 Å². The van der Waals surface area contributed by atoms with Crippen molar-refractivity contribution < 1.29 is 27.2 Å². The first-order valence-corrected chi connectivity index (χ1v) is 11.9. The summed E-state index contributed by atoms with van der Waals surface area (Å²) in [6.45, 7) is 3.05. The van der Waals surface area contributed by atoms with Crippen LogP contribution in [0, 0.1) is 12.7 Å². The van der Waals surface area contributed by atoms with Crippen LogP contribution in [0.5, 0.6) is 0 Å². The van der Waals surface area contributed by atoms with E-state index >= 15 is 0 Å². The van der Waals surface area contributed by atoms with Gasteiger partial charge in [0.2, 0.25) is 0 Å². The van der Waals surface area contributed by atoms with Gasteiger partial charge in [-0.2, -0.15) is 0 Å². The number of carbonyl (C=O) groups is 3. The number of benzene rings is 3. The standard InChI is InChI=1S/C24H21FN4O5S/c1-14-13-19(11-12-20(14)25)35(33,34)29-18-7-3-15(4-8-18)21(30)26-17-9-5-16(6-10-17)24(2)22(31)27-23(32)28-24/h3-13,29H,1-2H3,(H,26,30)(H2,27,28,31,32)/t24-/m1/s1. The van der Waals surface area contributed by atoms with Crippen molar-refractivity contribution in [1.82, 2.24) is 10.6 Å². The summed E-state index contributed by atoms with van der Waals surface area (Å²) in [5, 5.41) is 7.47. The lowest BCUT2D eigenvalue weighted by molar-refractivity contribution is -0.123. The Kier molecular flexibility index (Phi) is 6.03. The number of urea groups is 1. The van der Waals surface area contributed by atoms with Gasteiger partial charge in [-0.1, -0.05) is 12.1 Å². The molecule has 3 aromatic carbocycles. The summed E-state index contributed by atoms with van der Waals surface area (Å²) in [6, 6.07) is 15.1. The molecule has 0 spiro atoms. The number of sulfonamides is 1. The van der Waals surface area contributed by atoms with Crippen LogP contribution in [0.15, 0.2) is 71.6 Å². The van der Waals surface area contributed by atoms with Gasteiger partial charge >= 0.3 is 6.03 Å². The Morgan fingerprint density at radius 1 is 0.943 bits per heavy atom. The Hall–Kier alpha value is -4.25. The second kappa shape index (κ2) is 8.84. The minimum atomic E-state index is -3.93. The summed E-state index contributed by atoms with van der Waals surface area (Å²) < 4.78 is 40.9. The zero-order valence-corrected chi connectivity index (χ0v) is 19.5. The molecule has 4 rings (SSSR count). The van der Waals surface area contributed by atoms with Gasteiger partial charge in [-0.3, -0.25) is 19.6 Å². The quantitative estimate of drug-likeness (QED) is 0.389. The van der Waals surface area contributed by atoms with Crippen LogP contribution in [0.4, 0.5) is 20.6 Å². The maximum absolute atomic E-state index is 13.4. The van der Waals surface area contributed by atoms with E-state index in [-0.39, 0.29) is 21.7 Å². The van der Waals surface area contributed by atoms with E-state index in [1.807, 2.05) is 0 Å². The molecule has 3 aromatic rings. The highest BCUT2D eigenvalue weighted by molar-refractivity contribution is 7.92. The van der Waals surface area contributed by atoms with Gasteiger partial charge in [0.05, 0.1) is 4.90 Å². The molecule has 180 valence electrons. The molecule has 4 N–H and O–H groups in total. The second-order valence-corrected chi connectivity index (χ2v) is 9.84. The molecule has 4 amide bonds. The molecular formula is C24H21FN4O5S. The van der Waals surface area contributed by atoms with Crippen LogP contribution < -0.4 is 20.7 Å². The highest BCUT2D eigenvalue weighted by atomic mass is 32.2. The van der Waals surface area contributed by atoms with Crippen molar-refractivity contribution >= 4 is 39.2 Å². The second-order valence-electron chi connectivity index (χ2n) is 8.16. The number of carbonyl (C=O) groups excluding carboxylic acids is 3. The van der Waals surface area contributed by atoms with E-state index in [1.54, 1.807) is 31.2 Å². The number of hydrogen-bond acceptors (Lipinski definition) is 5. The molecule has 0 radical (unpaired) electrons. The number of halogens is 1. The molecule has 1 saturated heterocycles. The van der Waals surface area contributed by atoms with E-state index in [0.29, 0.717) is 11.3 Å². The topological polar surface area (TPSA) is 133 Å². The summed E-state index contributed by atoms with van der Waals surface area (Å²) in [5.41, 5.74) is 0.533. The molecule has 11 heteroatoms. The van der Waals surface area contributed by atoms with Crippen LogP contribution in [0.25, 0.3) is 0 Å². The first-order chi connectivity index (χ1) is 16.5. The smallest absolute Gasteiger partial charge is 0.322 e. The van der Waals surface area contributed by atoms with E-state index < -0.39 is 39.2 Å². The fraction of sp³-hybridized carbons (Fsp3) is 0.125. The number of aryl methyl sites for hydroxylation is 1. The number of anilines is 2. The van der Waals surface area contributed by atoms with Crippen molar-refractivity contribution in [2.45, 2.75) is 24.3 Å². The van der Waals surface area contributed by atoms with Crippen molar-refractivity contribution in [2.24, 2.45) is 0 Å². The maximum Gasteiger partial charge on any atom is 0.322 e. The van der Waals surface area contributed by atoms with Crippen LogP contribution in [-0.2, 0) is 20.4 Å². The molecule has 35 heavy (non-hydrogen) atoms. The third-order valence-electron chi connectivity index (χ3n) is 5.60. The minimum Gasteiger partial charge on any atom is -0.322 e. The minimum absolute atomic E-state index is 0.0785. The largest absolute Gasteiger partial charge is 0.322 e. The van der Waals surface area contributed by atoms with E-state index in [1.165, 1.54) is 43.3 Å². The fourth-order valence-electron chi connectivity index (χ4n) is 3.52. The van der Waals surface area contributed by atoms with E-state index in [2.05, 4.69) is 20.7 Å². The monoisotopic (exact) mass is 496 g/mol. The summed E-state index contributed by atoms with van der Waals surface area (Å²) in [6.07, 6.45) is 0. The lowest BCUT2D eigenvalue weighted by Crippen LogP contribution is -2.40. The third-order valence-corrected chi connectivity index (χ3v) is 6.98. The Balaban J connectivity index is 1.42. The van der Waals surface area contributed by atoms with Crippen molar-refractivity contribution in [2.75, 3.05) is 10.0 Å². The molecule has 1 fully saturated rings. The number of hydrogen-bond donors (Lipinski definition) is 4. The predicted octanol–water partition coefficient (Wildman–Crippen LogP) is 3.24. The zero-order chi connectivity index (χ0) is 25.4. The molecule has 1 atom stereocenters. The molecule has 0 unspecified atom stereocenters. The number of nitrogens with one attached hydrogen (secondary N) is 4. The van der Waals surface area contributed by atoms with Crippen LogP contribution in [0.2, 0.25) is 0 Å². The van der Waals surface area contributed by atoms with Crippen molar-refractivity contribution in [3.63, 3.8) is 0 Å². The van der Waals surface area contributed by atoms with Gasteiger partial charge in [-0.05, 0) is 79.6 Å². The molecule has 1 aliphatic heterocycles. The van der Waals surface area contributed by atoms with Gasteiger partial charge < -0.3 is 10.6 Å². The van der Waals surface area contributed by atoms with Gasteiger partial charge in [-0.15, -0.1) is 0 Å². The molecule has 0 aromatic heterocycles. The summed E-state index contributed by atoms with van der Waals surface area (Å²) >= 11 is 0. The molecule has 0 aliphatic carbocycles. The normalized spacial score (nSPS) is 17.5. The van der Waals surface area contributed by atoms with E-state index in [4.69, 9.17) is 0 Å². The molecule has 1 heterocycles. The third kappa shape index (κ3) is 4.85. The first kappa shape index (κ1) is 23.9. The summed E-state index contributed by atoms with van der Waals surface area (Å²) in [7, 11) is -3.93. The first-order valence-electron chi connectivity index (χ1n) is 10.4. The molecular weight excluding hydrogens is 475 g/mol. The Morgan fingerprint density at radius 3 is 2.14 bits per heavy atom. The molecule has 0 bridgehead atoms. The lowest BCUT2D eigenvalue weighted by atomic mass is 9.92. The van der Waals surface area contributed by atoms with E-state index in [0.717, 1.165) is 6.07 Å². The average molecular weight is 497 g/mol. The number of amides is 4. The zero-order valence-electron chi connectivity index (χ0n) is 18.7. The van der Waals surface area contributed by atoms with Crippen molar-refractivity contribution in [3.05, 3.63) is 89.2 Å². The molecule has 0 saturated carbocycles. The molecule has 9 nitrogen and oxygen atoms in total. The Morgan fingerprint density at radius 2 is 1.57 bits per heavy atom. The van der Waals surface area contributed by atoms with Gasteiger partial charge in [0.25, 0.3) is 21.8 Å². The Bertz CT molecular complexity index is 1440. The molecule has 1 aliphatic rings. The lowest BCUT2D eigenvalue weighted by Gasteiger charge is -2.21. The predicted molar refractivity (Wildman–Crippen MR) is 127 cm³/mol. The number of imide groups is 1. The van der Waals surface area contributed by atoms with Crippen molar-refractivity contribution in [3.8, 4) is 0 Å². The van der Waals surface area contributed by atoms with Gasteiger partial charge in [-0.25, -0.2) is 17.6 Å². The Labute approximate surface area is 200 Å². The highest BCUT2D eigenvalue weighted by Gasteiger charge is 2.43. The van der Waals surface area contributed by atoms with Crippen LogP contribution >= 0.6 is 0 Å². The van der Waals surface area contributed by atoms with E-state index in [9.17, 15) is 27.2 Å².